The van der Waals surface area contributed by atoms with Gasteiger partial charge in [0.2, 0.25) is 11.6 Å². The molecular formula is C20H18N6O3S. The molecule has 9 nitrogen and oxygen atoms in total. The normalized spacial score (nSPS) is 10.7. The molecule has 4 rings (SSSR count). The number of ether oxygens (including phenoxy) is 1. The fraction of sp³-hybridized carbons (Fsp3) is 0.150. The smallest absolute Gasteiger partial charge is 0.353 e. The van der Waals surface area contributed by atoms with Gasteiger partial charge in [0.15, 0.2) is 5.13 Å². The Labute approximate surface area is 175 Å². The number of benzene rings is 2. The Morgan fingerprint density at radius 1 is 1.10 bits per heavy atom. The van der Waals surface area contributed by atoms with E-state index < -0.39 is 4.92 Å². The summed E-state index contributed by atoms with van der Waals surface area (Å²) in [4.78, 5) is 24.0. The van der Waals surface area contributed by atoms with Crippen LogP contribution in [0, 0.1) is 17.0 Å². The van der Waals surface area contributed by atoms with Crippen LogP contribution in [0.1, 0.15) is 12.5 Å². The second kappa shape index (κ2) is 8.29. The van der Waals surface area contributed by atoms with Gasteiger partial charge in [0.1, 0.15) is 12.1 Å². The molecule has 0 aliphatic heterocycles. The second-order valence-electron chi connectivity index (χ2n) is 6.30. The standard InChI is InChI=1S/C20H18N6O3S/c1-3-29-14-9-5-4-8-13(14)23-18-17(26(27)28)19(22-11-21-18)25-20-24-16-12(2)7-6-10-15(16)30-20/h4-11H,3H2,1-2H3,(H2,21,22,23,24,25). The molecular weight excluding hydrogens is 404 g/mol. The minimum atomic E-state index is -0.521. The van der Waals surface area contributed by atoms with Gasteiger partial charge in [-0.1, -0.05) is 35.6 Å². The van der Waals surface area contributed by atoms with Crippen LogP contribution in [-0.2, 0) is 0 Å². The van der Waals surface area contributed by atoms with Gasteiger partial charge >= 0.3 is 5.69 Å². The number of aryl methyl sites for hydroxylation is 1. The van der Waals surface area contributed by atoms with Crippen LogP contribution in [0.15, 0.2) is 48.8 Å². The van der Waals surface area contributed by atoms with Crippen molar-refractivity contribution in [2.24, 2.45) is 0 Å². The molecule has 0 unspecified atom stereocenters. The van der Waals surface area contributed by atoms with Crippen molar-refractivity contribution in [3.8, 4) is 5.75 Å². The van der Waals surface area contributed by atoms with Gasteiger partial charge in [0, 0.05) is 0 Å². The topological polar surface area (TPSA) is 115 Å². The molecule has 0 bridgehead atoms. The molecule has 0 saturated heterocycles. The minimum absolute atomic E-state index is 0.0574. The van der Waals surface area contributed by atoms with Crippen LogP contribution in [-0.4, -0.2) is 26.5 Å². The van der Waals surface area contributed by atoms with Gasteiger partial charge in [-0.2, -0.15) is 0 Å². The molecule has 2 aromatic heterocycles. The summed E-state index contributed by atoms with van der Waals surface area (Å²) in [6, 6.07) is 13.0. The number of aromatic nitrogens is 3. The van der Waals surface area contributed by atoms with Crippen molar-refractivity contribution in [1.82, 2.24) is 15.0 Å². The number of anilines is 4. The summed E-state index contributed by atoms with van der Waals surface area (Å²) in [6.45, 7) is 4.30. The zero-order chi connectivity index (χ0) is 21.1. The molecule has 152 valence electrons. The van der Waals surface area contributed by atoms with Gasteiger partial charge in [0.05, 0.1) is 27.4 Å². The molecule has 0 atom stereocenters. The van der Waals surface area contributed by atoms with Crippen molar-refractivity contribution < 1.29 is 9.66 Å². The predicted octanol–water partition coefficient (Wildman–Crippen LogP) is 5.19. The van der Waals surface area contributed by atoms with Crippen LogP contribution in [0.25, 0.3) is 10.2 Å². The summed E-state index contributed by atoms with van der Waals surface area (Å²) in [5, 5.41) is 18.3. The first kappa shape index (κ1) is 19.5. The SMILES string of the molecule is CCOc1ccccc1Nc1ncnc(Nc2nc3c(C)cccc3s2)c1[N+](=O)[O-]. The Bertz CT molecular complexity index is 1230. The van der Waals surface area contributed by atoms with Crippen molar-refractivity contribution in [2.75, 3.05) is 17.2 Å². The van der Waals surface area contributed by atoms with E-state index in [9.17, 15) is 10.1 Å². The summed E-state index contributed by atoms with van der Waals surface area (Å²) < 4.78 is 6.57. The molecule has 0 amide bonds. The first-order valence-electron chi connectivity index (χ1n) is 9.18. The highest BCUT2D eigenvalue weighted by Crippen LogP contribution is 2.37. The van der Waals surface area contributed by atoms with Crippen LogP contribution in [0.5, 0.6) is 5.75 Å². The lowest BCUT2D eigenvalue weighted by molar-refractivity contribution is -0.383. The van der Waals surface area contributed by atoms with Crippen LogP contribution < -0.4 is 15.4 Å². The maximum absolute atomic E-state index is 11.9. The summed E-state index contributed by atoms with van der Waals surface area (Å²) >= 11 is 1.40. The summed E-state index contributed by atoms with van der Waals surface area (Å²) in [7, 11) is 0. The molecule has 2 N–H and O–H groups in total. The van der Waals surface area contributed by atoms with E-state index in [2.05, 4.69) is 25.6 Å². The molecule has 4 aromatic rings. The number of hydrogen-bond acceptors (Lipinski definition) is 9. The Morgan fingerprint density at radius 3 is 2.60 bits per heavy atom. The molecule has 10 heteroatoms. The highest BCUT2D eigenvalue weighted by molar-refractivity contribution is 7.22. The monoisotopic (exact) mass is 422 g/mol. The molecule has 2 aromatic carbocycles. The van der Waals surface area contributed by atoms with Gasteiger partial charge in [-0.25, -0.2) is 15.0 Å². The zero-order valence-corrected chi connectivity index (χ0v) is 17.1. The molecule has 0 radical (unpaired) electrons. The largest absolute Gasteiger partial charge is 0.492 e. The van der Waals surface area contributed by atoms with Gasteiger partial charge in [0.25, 0.3) is 0 Å². The minimum Gasteiger partial charge on any atom is -0.492 e. The third-order valence-electron chi connectivity index (χ3n) is 4.29. The maximum atomic E-state index is 11.9. The van der Waals surface area contributed by atoms with E-state index in [0.717, 1.165) is 15.8 Å². The molecule has 30 heavy (non-hydrogen) atoms. The summed E-state index contributed by atoms with van der Waals surface area (Å²) in [5.74, 6) is 0.689. The zero-order valence-electron chi connectivity index (χ0n) is 16.2. The quantitative estimate of drug-likeness (QED) is 0.309. The van der Waals surface area contributed by atoms with E-state index in [0.29, 0.717) is 23.2 Å². The van der Waals surface area contributed by atoms with Crippen molar-refractivity contribution in [3.63, 3.8) is 0 Å². The molecule has 0 aliphatic carbocycles. The number of rotatable bonds is 7. The van der Waals surface area contributed by atoms with Crippen molar-refractivity contribution in [1.29, 1.82) is 0 Å². The van der Waals surface area contributed by atoms with Gasteiger partial charge in [-0.05, 0) is 37.6 Å². The van der Waals surface area contributed by atoms with Crippen molar-refractivity contribution in [3.05, 3.63) is 64.5 Å². The third-order valence-corrected chi connectivity index (χ3v) is 5.23. The maximum Gasteiger partial charge on any atom is 0.353 e. The van der Waals surface area contributed by atoms with Gasteiger partial charge in [-0.3, -0.25) is 10.1 Å². The van der Waals surface area contributed by atoms with E-state index in [-0.39, 0.29) is 17.3 Å². The second-order valence-corrected chi connectivity index (χ2v) is 7.33. The number of nitrogens with one attached hydrogen (secondary N) is 2. The number of nitro groups is 1. The first-order valence-corrected chi connectivity index (χ1v) is 10.00. The third kappa shape index (κ3) is 3.85. The van der Waals surface area contributed by atoms with Crippen LogP contribution in [0.3, 0.4) is 0 Å². The lowest BCUT2D eigenvalue weighted by Gasteiger charge is -2.12. The predicted molar refractivity (Wildman–Crippen MR) is 117 cm³/mol. The van der Waals surface area contributed by atoms with E-state index in [1.54, 1.807) is 18.2 Å². The Balaban J connectivity index is 1.71. The molecule has 2 heterocycles. The van der Waals surface area contributed by atoms with Crippen LogP contribution >= 0.6 is 11.3 Å². The highest BCUT2D eigenvalue weighted by Gasteiger charge is 2.25. The number of fused-ring (bicyclic) bond motifs is 1. The van der Waals surface area contributed by atoms with Crippen molar-refractivity contribution in [2.45, 2.75) is 13.8 Å². The number of para-hydroxylation sites is 3. The molecule has 0 spiro atoms. The number of thiazole rings is 1. The van der Waals surface area contributed by atoms with Crippen LogP contribution in [0.2, 0.25) is 0 Å². The summed E-state index contributed by atoms with van der Waals surface area (Å²) in [6.07, 6.45) is 1.26. The van der Waals surface area contributed by atoms with Crippen molar-refractivity contribution >= 4 is 49.7 Å². The van der Waals surface area contributed by atoms with E-state index >= 15 is 0 Å². The fourth-order valence-corrected chi connectivity index (χ4v) is 3.90. The number of nitrogens with zero attached hydrogens (tertiary/aromatic N) is 4. The van der Waals surface area contributed by atoms with Gasteiger partial charge < -0.3 is 15.4 Å². The average molecular weight is 422 g/mol. The van der Waals surface area contributed by atoms with Crippen LogP contribution in [0.4, 0.5) is 28.1 Å². The lowest BCUT2D eigenvalue weighted by Crippen LogP contribution is -2.06. The molecule has 0 saturated carbocycles. The fourth-order valence-electron chi connectivity index (χ4n) is 2.95. The van der Waals surface area contributed by atoms with E-state index in [1.165, 1.54) is 17.7 Å². The van der Waals surface area contributed by atoms with E-state index in [4.69, 9.17) is 4.74 Å². The first-order chi connectivity index (χ1) is 14.6. The van der Waals surface area contributed by atoms with E-state index in [1.807, 2.05) is 38.1 Å². The average Bonchev–Trinajstić information content (AvgIpc) is 3.13. The molecule has 0 fully saturated rings. The number of hydrogen-bond donors (Lipinski definition) is 2. The summed E-state index contributed by atoms with van der Waals surface area (Å²) in [5.41, 5.74) is 2.18. The Hall–Kier alpha value is -3.79. The Morgan fingerprint density at radius 2 is 1.87 bits per heavy atom. The van der Waals surface area contributed by atoms with Gasteiger partial charge in [-0.15, -0.1) is 0 Å². The highest BCUT2D eigenvalue weighted by atomic mass is 32.1. The Kier molecular flexibility index (Phi) is 5.40. The lowest BCUT2D eigenvalue weighted by atomic mass is 10.2. The molecule has 0 aliphatic rings.